The van der Waals surface area contributed by atoms with E-state index in [0.29, 0.717) is 6.61 Å². The molecule has 0 aromatic heterocycles. The van der Waals surface area contributed by atoms with E-state index in [-0.39, 0.29) is 18.3 Å². The Balaban J connectivity index is 1.94. The maximum absolute atomic E-state index is 5.71. The lowest BCUT2D eigenvalue weighted by Gasteiger charge is -2.12. The van der Waals surface area contributed by atoms with Gasteiger partial charge in [-0.1, -0.05) is 42.5 Å². The number of ether oxygens (including phenoxy) is 2. The molecule has 0 bridgehead atoms. The second kappa shape index (κ2) is 5.80. The Labute approximate surface area is 103 Å². The molecule has 90 valence electrons. The van der Waals surface area contributed by atoms with Gasteiger partial charge in [-0.3, -0.25) is 0 Å². The van der Waals surface area contributed by atoms with Crippen molar-refractivity contribution in [2.24, 2.45) is 0 Å². The van der Waals surface area contributed by atoms with Crippen molar-refractivity contribution in [1.82, 2.24) is 0 Å². The highest BCUT2D eigenvalue weighted by Gasteiger charge is 2.45. The first kappa shape index (κ1) is 12.1. The van der Waals surface area contributed by atoms with E-state index in [1.807, 2.05) is 24.3 Å². The lowest BCUT2D eigenvalue weighted by atomic mass is 10.1. The third-order valence-electron chi connectivity index (χ3n) is 2.85. The summed E-state index contributed by atoms with van der Waals surface area (Å²) >= 11 is 0. The lowest BCUT2D eigenvalue weighted by molar-refractivity contribution is 0.0540. The van der Waals surface area contributed by atoms with Gasteiger partial charge in [-0.25, -0.2) is 0 Å². The topological polar surface area (TPSA) is 21.8 Å². The van der Waals surface area contributed by atoms with Crippen LogP contribution in [0.5, 0.6) is 0 Å². The Kier molecular flexibility index (Phi) is 4.13. The zero-order valence-electron chi connectivity index (χ0n) is 9.92. The molecule has 0 spiro atoms. The fourth-order valence-electron chi connectivity index (χ4n) is 1.97. The molecule has 1 fully saturated rings. The molecule has 1 aliphatic rings. The molecule has 1 aliphatic heterocycles. The van der Waals surface area contributed by atoms with Gasteiger partial charge in [0.15, 0.2) is 0 Å². The number of hydrogen-bond donors (Lipinski definition) is 0. The molecule has 0 radical (unpaired) electrons. The van der Waals surface area contributed by atoms with Gasteiger partial charge in [-0.05, 0) is 12.0 Å². The van der Waals surface area contributed by atoms with Gasteiger partial charge in [0.25, 0.3) is 0 Å². The van der Waals surface area contributed by atoms with Crippen LogP contribution in [0.4, 0.5) is 0 Å². The summed E-state index contributed by atoms with van der Waals surface area (Å²) in [6.07, 6.45) is 4.84. The Morgan fingerprint density at radius 3 is 2.65 bits per heavy atom. The molecule has 17 heavy (non-hydrogen) atoms. The molecule has 2 nitrogen and oxygen atoms in total. The molecule has 2 rings (SSSR count). The van der Waals surface area contributed by atoms with Crippen LogP contribution in [0.15, 0.2) is 55.6 Å². The minimum atomic E-state index is 0.0794. The van der Waals surface area contributed by atoms with Gasteiger partial charge in [0, 0.05) is 0 Å². The van der Waals surface area contributed by atoms with Gasteiger partial charge in [-0.15, -0.1) is 13.2 Å². The molecule has 1 aromatic carbocycles. The van der Waals surface area contributed by atoms with E-state index in [4.69, 9.17) is 9.47 Å². The summed E-state index contributed by atoms with van der Waals surface area (Å²) < 4.78 is 11.4. The van der Waals surface area contributed by atoms with Crippen molar-refractivity contribution >= 4 is 0 Å². The first-order valence-corrected chi connectivity index (χ1v) is 5.90. The van der Waals surface area contributed by atoms with Gasteiger partial charge in [0.05, 0.1) is 12.7 Å². The normalized spacial score (nSPS) is 24.0. The van der Waals surface area contributed by atoms with Crippen molar-refractivity contribution in [2.45, 2.75) is 24.7 Å². The molecule has 0 amide bonds. The van der Waals surface area contributed by atoms with E-state index in [0.717, 1.165) is 6.42 Å². The molecule has 0 aliphatic carbocycles. The summed E-state index contributed by atoms with van der Waals surface area (Å²) in [6.45, 7) is 7.97. The minimum Gasteiger partial charge on any atom is -0.371 e. The fraction of sp³-hybridized carbons (Fsp3) is 0.333. The number of epoxide rings is 1. The zero-order chi connectivity index (χ0) is 12.1. The third kappa shape index (κ3) is 3.05. The SMILES string of the molecule is C=CCOC(CC=C)[C@@H]1O[C@H]1c1ccccc1. The largest absolute Gasteiger partial charge is 0.371 e. The Hall–Kier alpha value is -1.38. The van der Waals surface area contributed by atoms with Crippen LogP contribution in [0, 0.1) is 0 Å². The van der Waals surface area contributed by atoms with Gasteiger partial charge >= 0.3 is 0 Å². The quantitative estimate of drug-likeness (QED) is 0.529. The van der Waals surface area contributed by atoms with Crippen LogP contribution in [0.1, 0.15) is 18.1 Å². The molecule has 3 atom stereocenters. The van der Waals surface area contributed by atoms with E-state index in [1.165, 1.54) is 5.56 Å². The van der Waals surface area contributed by atoms with Crippen molar-refractivity contribution in [3.63, 3.8) is 0 Å². The maximum Gasteiger partial charge on any atom is 0.115 e. The average molecular weight is 230 g/mol. The van der Waals surface area contributed by atoms with E-state index in [2.05, 4.69) is 25.3 Å². The Morgan fingerprint density at radius 2 is 2.00 bits per heavy atom. The highest BCUT2D eigenvalue weighted by Crippen LogP contribution is 2.42. The van der Waals surface area contributed by atoms with Crippen molar-refractivity contribution < 1.29 is 9.47 Å². The second-order valence-corrected chi connectivity index (χ2v) is 4.12. The number of hydrogen-bond acceptors (Lipinski definition) is 2. The van der Waals surface area contributed by atoms with Gasteiger partial charge in [-0.2, -0.15) is 0 Å². The smallest absolute Gasteiger partial charge is 0.115 e. The standard InChI is InChI=1S/C15H18O2/c1-3-8-13(16-11-4-2)15-14(17-15)12-9-6-5-7-10-12/h3-7,9-10,13-15H,1-2,8,11H2/t13?,14-,15-/m0/s1. The molecule has 1 aromatic rings. The molecular weight excluding hydrogens is 212 g/mol. The molecule has 1 heterocycles. The highest BCUT2D eigenvalue weighted by molar-refractivity contribution is 5.23. The van der Waals surface area contributed by atoms with Crippen LogP contribution >= 0.6 is 0 Å². The summed E-state index contributed by atoms with van der Waals surface area (Å²) in [5.74, 6) is 0. The molecule has 0 N–H and O–H groups in total. The van der Waals surface area contributed by atoms with E-state index in [1.54, 1.807) is 6.08 Å². The van der Waals surface area contributed by atoms with Crippen molar-refractivity contribution in [1.29, 1.82) is 0 Å². The molecule has 2 heteroatoms. The fourth-order valence-corrected chi connectivity index (χ4v) is 1.97. The van der Waals surface area contributed by atoms with Crippen LogP contribution in [-0.4, -0.2) is 18.8 Å². The van der Waals surface area contributed by atoms with Gasteiger partial charge in [0.2, 0.25) is 0 Å². The molecule has 1 unspecified atom stereocenters. The van der Waals surface area contributed by atoms with E-state index in [9.17, 15) is 0 Å². The van der Waals surface area contributed by atoms with Crippen LogP contribution in [0.3, 0.4) is 0 Å². The minimum absolute atomic E-state index is 0.0794. The van der Waals surface area contributed by atoms with Gasteiger partial charge < -0.3 is 9.47 Å². The summed E-state index contributed by atoms with van der Waals surface area (Å²) in [5.41, 5.74) is 1.22. The summed E-state index contributed by atoms with van der Waals surface area (Å²) in [4.78, 5) is 0. The summed E-state index contributed by atoms with van der Waals surface area (Å²) in [7, 11) is 0. The van der Waals surface area contributed by atoms with E-state index >= 15 is 0 Å². The predicted molar refractivity (Wildman–Crippen MR) is 68.8 cm³/mol. The first-order valence-electron chi connectivity index (χ1n) is 5.90. The van der Waals surface area contributed by atoms with E-state index < -0.39 is 0 Å². The first-order chi connectivity index (χ1) is 8.36. The van der Waals surface area contributed by atoms with Crippen LogP contribution < -0.4 is 0 Å². The summed E-state index contributed by atoms with van der Waals surface area (Å²) in [5, 5.41) is 0. The van der Waals surface area contributed by atoms with Crippen LogP contribution in [-0.2, 0) is 9.47 Å². The number of rotatable bonds is 7. The van der Waals surface area contributed by atoms with Crippen molar-refractivity contribution in [2.75, 3.05) is 6.61 Å². The second-order valence-electron chi connectivity index (χ2n) is 4.12. The molecule has 1 saturated heterocycles. The van der Waals surface area contributed by atoms with Crippen molar-refractivity contribution in [3.05, 3.63) is 61.2 Å². The summed E-state index contributed by atoms with van der Waals surface area (Å²) in [6, 6.07) is 10.2. The number of benzene rings is 1. The van der Waals surface area contributed by atoms with Gasteiger partial charge in [0.1, 0.15) is 12.2 Å². The highest BCUT2D eigenvalue weighted by atomic mass is 16.6. The monoisotopic (exact) mass is 230 g/mol. The molecule has 0 saturated carbocycles. The average Bonchev–Trinajstić information content (AvgIpc) is 3.16. The van der Waals surface area contributed by atoms with Crippen LogP contribution in [0.2, 0.25) is 0 Å². The Bertz CT molecular complexity index is 372. The lowest BCUT2D eigenvalue weighted by Crippen LogP contribution is -2.19. The van der Waals surface area contributed by atoms with Crippen LogP contribution in [0.25, 0.3) is 0 Å². The molecular formula is C15H18O2. The third-order valence-corrected chi connectivity index (χ3v) is 2.85. The Morgan fingerprint density at radius 1 is 1.24 bits per heavy atom. The predicted octanol–water partition coefficient (Wildman–Crippen LogP) is 3.27. The van der Waals surface area contributed by atoms with Crippen molar-refractivity contribution in [3.8, 4) is 0 Å². The zero-order valence-corrected chi connectivity index (χ0v) is 9.92. The maximum atomic E-state index is 5.71.